The third kappa shape index (κ3) is 3.06. The summed E-state index contributed by atoms with van der Waals surface area (Å²) < 4.78 is 6.38. The van der Waals surface area contributed by atoms with E-state index in [1.165, 1.54) is 0 Å². The maximum absolute atomic E-state index is 12.9. The molecule has 0 bridgehead atoms. The second-order valence-corrected chi connectivity index (χ2v) is 7.08. The van der Waals surface area contributed by atoms with Crippen LogP contribution in [0.2, 0.25) is 0 Å². The highest BCUT2D eigenvalue weighted by Gasteiger charge is 2.28. The minimum atomic E-state index is -0.226. The Labute approximate surface area is 145 Å². The molecule has 2 aromatic heterocycles. The minimum Gasteiger partial charge on any atom is -0.361 e. The van der Waals surface area contributed by atoms with Crippen molar-refractivity contribution in [2.75, 3.05) is 7.05 Å². The van der Waals surface area contributed by atoms with Crippen molar-refractivity contribution in [2.45, 2.75) is 39.7 Å². The van der Waals surface area contributed by atoms with Crippen LogP contribution in [0.15, 0.2) is 28.8 Å². The number of para-hydroxylation sites is 1. The van der Waals surface area contributed by atoms with E-state index in [-0.39, 0.29) is 11.8 Å². The van der Waals surface area contributed by atoms with Gasteiger partial charge in [0.05, 0.1) is 28.4 Å². The lowest BCUT2D eigenvalue weighted by molar-refractivity contribution is -0.132. The van der Waals surface area contributed by atoms with Crippen LogP contribution >= 0.6 is 11.3 Å². The summed E-state index contributed by atoms with van der Waals surface area (Å²) in [7, 11) is 1.83. The van der Waals surface area contributed by atoms with Gasteiger partial charge in [0.15, 0.2) is 0 Å². The van der Waals surface area contributed by atoms with Gasteiger partial charge in [-0.25, -0.2) is 4.98 Å². The Morgan fingerprint density at radius 3 is 2.71 bits per heavy atom. The van der Waals surface area contributed by atoms with Gasteiger partial charge in [0.2, 0.25) is 5.91 Å². The smallest absolute Gasteiger partial charge is 0.230 e. The Morgan fingerprint density at radius 1 is 1.33 bits per heavy atom. The Hall–Kier alpha value is -2.21. The zero-order chi connectivity index (χ0) is 17.3. The van der Waals surface area contributed by atoms with E-state index in [9.17, 15) is 4.79 Å². The number of nitrogens with zero attached hydrogens (tertiary/aromatic N) is 3. The fourth-order valence-electron chi connectivity index (χ4n) is 3.02. The molecule has 3 rings (SSSR count). The van der Waals surface area contributed by atoms with Gasteiger partial charge in [0.25, 0.3) is 0 Å². The predicted molar refractivity (Wildman–Crippen MR) is 95.1 cm³/mol. The first-order chi connectivity index (χ1) is 11.5. The van der Waals surface area contributed by atoms with Crippen LogP contribution in [-0.2, 0) is 11.3 Å². The Balaban J connectivity index is 1.80. The first-order valence-corrected chi connectivity index (χ1v) is 8.85. The summed E-state index contributed by atoms with van der Waals surface area (Å²) in [5.41, 5.74) is 2.69. The minimum absolute atomic E-state index is 0.0751. The van der Waals surface area contributed by atoms with Crippen LogP contribution in [0.3, 0.4) is 0 Å². The van der Waals surface area contributed by atoms with Gasteiger partial charge in [0.1, 0.15) is 10.8 Å². The number of carbonyl (C=O) groups excluding carboxylic acids is 1. The second-order valence-electron chi connectivity index (χ2n) is 5.97. The molecule has 0 radical (unpaired) electrons. The largest absolute Gasteiger partial charge is 0.361 e. The quantitative estimate of drug-likeness (QED) is 0.701. The molecule has 0 aliphatic carbocycles. The number of aromatic nitrogens is 2. The second kappa shape index (κ2) is 6.73. The number of hydrogen-bond acceptors (Lipinski definition) is 5. The van der Waals surface area contributed by atoms with Gasteiger partial charge in [-0.15, -0.1) is 11.3 Å². The van der Waals surface area contributed by atoms with Crippen molar-refractivity contribution in [2.24, 2.45) is 0 Å². The summed E-state index contributed by atoms with van der Waals surface area (Å²) in [6.07, 6.45) is 0.714. The third-order valence-corrected chi connectivity index (χ3v) is 5.25. The maximum atomic E-state index is 12.9. The van der Waals surface area contributed by atoms with Crippen LogP contribution in [0.25, 0.3) is 10.2 Å². The van der Waals surface area contributed by atoms with Crippen LogP contribution in [0.1, 0.15) is 41.3 Å². The average Bonchev–Trinajstić information content (AvgIpc) is 3.12. The Bertz CT molecular complexity index is 816. The number of carbonyl (C=O) groups is 1. The molecule has 24 heavy (non-hydrogen) atoms. The van der Waals surface area contributed by atoms with Crippen LogP contribution in [0.5, 0.6) is 0 Å². The highest BCUT2D eigenvalue weighted by molar-refractivity contribution is 7.18. The summed E-state index contributed by atoms with van der Waals surface area (Å²) >= 11 is 1.63. The number of rotatable bonds is 5. The summed E-state index contributed by atoms with van der Waals surface area (Å²) in [5, 5.41) is 4.93. The van der Waals surface area contributed by atoms with Crippen molar-refractivity contribution in [1.82, 2.24) is 15.0 Å². The van der Waals surface area contributed by atoms with Crippen molar-refractivity contribution >= 4 is 27.5 Å². The first-order valence-electron chi connectivity index (χ1n) is 8.03. The highest BCUT2D eigenvalue weighted by atomic mass is 32.1. The number of likely N-dealkylation sites (N-methyl/N-ethyl adjacent to an activating group) is 1. The van der Waals surface area contributed by atoms with Crippen molar-refractivity contribution in [3.05, 3.63) is 46.3 Å². The number of aryl methyl sites for hydroxylation is 2. The molecule has 0 aliphatic rings. The molecular formula is C18H21N3O2S. The van der Waals surface area contributed by atoms with Crippen molar-refractivity contribution in [3.63, 3.8) is 0 Å². The standard InChI is InChI=1S/C18H21N3O2S/c1-5-13(17-11(2)20-23-12(17)3)18(22)21(4)10-16-19-14-8-6-7-9-15(14)24-16/h6-9,13H,5,10H2,1-4H3/t13-/m0/s1. The molecule has 0 N–H and O–H groups in total. The van der Waals surface area contributed by atoms with Gasteiger partial charge < -0.3 is 9.42 Å². The van der Waals surface area contributed by atoms with Gasteiger partial charge in [-0.1, -0.05) is 24.2 Å². The molecule has 3 aromatic rings. The lowest BCUT2D eigenvalue weighted by atomic mass is 9.93. The zero-order valence-corrected chi connectivity index (χ0v) is 15.2. The van der Waals surface area contributed by atoms with E-state index < -0.39 is 0 Å². The number of amides is 1. The van der Waals surface area contributed by atoms with Crippen LogP contribution in [0.4, 0.5) is 0 Å². The van der Waals surface area contributed by atoms with Crippen molar-refractivity contribution < 1.29 is 9.32 Å². The zero-order valence-electron chi connectivity index (χ0n) is 14.4. The third-order valence-electron chi connectivity index (χ3n) is 4.23. The van der Waals surface area contributed by atoms with E-state index in [1.54, 1.807) is 16.2 Å². The Morgan fingerprint density at radius 2 is 2.08 bits per heavy atom. The van der Waals surface area contributed by atoms with E-state index in [1.807, 2.05) is 46.0 Å². The normalized spacial score (nSPS) is 12.5. The highest BCUT2D eigenvalue weighted by Crippen LogP contribution is 2.29. The number of hydrogen-bond donors (Lipinski definition) is 0. The van der Waals surface area contributed by atoms with Crippen LogP contribution in [-0.4, -0.2) is 28.0 Å². The summed E-state index contributed by atoms with van der Waals surface area (Å²) in [6.45, 7) is 6.27. The molecule has 0 unspecified atom stereocenters. The molecule has 6 heteroatoms. The maximum Gasteiger partial charge on any atom is 0.230 e. The molecule has 0 spiro atoms. The SMILES string of the molecule is CC[C@H](C(=O)N(C)Cc1nc2ccccc2s1)c1c(C)noc1C. The molecule has 126 valence electrons. The molecule has 0 aliphatic heterocycles. The van der Waals surface area contributed by atoms with E-state index in [4.69, 9.17) is 4.52 Å². The summed E-state index contributed by atoms with van der Waals surface area (Å²) in [4.78, 5) is 19.3. The van der Waals surface area contributed by atoms with E-state index >= 15 is 0 Å². The Kier molecular flexibility index (Phi) is 4.66. The molecule has 0 saturated carbocycles. The van der Waals surface area contributed by atoms with Gasteiger partial charge in [-0.05, 0) is 32.4 Å². The molecule has 1 amide bonds. The topological polar surface area (TPSA) is 59.2 Å². The molecule has 0 fully saturated rings. The van der Waals surface area contributed by atoms with Gasteiger partial charge >= 0.3 is 0 Å². The molecule has 0 saturated heterocycles. The lowest BCUT2D eigenvalue weighted by Crippen LogP contribution is -2.31. The summed E-state index contributed by atoms with van der Waals surface area (Å²) in [5.74, 6) is 0.572. The van der Waals surface area contributed by atoms with E-state index in [2.05, 4.69) is 16.2 Å². The lowest BCUT2D eigenvalue weighted by Gasteiger charge is -2.22. The molecular weight excluding hydrogens is 322 g/mol. The number of thiazole rings is 1. The predicted octanol–water partition coefficient (Wildman–Crippen LogP) is 4.05. The van der Waals surface area contributed by atoms with Gasteiger partial charge in [-0.2, -0.15) is 0 Å². The average molecular weight is 343 g/mol. The molecule has 1 atom stereocenters. The number of benzene rings is 1. The van der Waals surface area contributed by atoms with Crippen molar-refractivity contribution in [1.29, 1.82) is 0 Å². The van der Waals surface area contributed by atoms with Crippen LogP contribution in [0, 0.1) is 13.8 Å². The van der Waals surface area contributed by atoms with E-state index in [0.717, 1.165) is 32.2 Å². The number of fused-ring (bicyclic) bond motifs is 1. The summed E-state index contributed by atoms with van der Waals surface area (Å²) in [6, 6.07) is 8.03. The molecule has 2 heterocycles. The van der Waals surface area contributed by atoms with Crippen molar-refractivity contribution in [3.8, 4) is 0 Å². The first kappa shape index (κ1) is 16.6. The van der Waals surface area contributed by atoms with Gasteiger partial charge in [0, 0.05) is 12.6 Å². The monoisotopic (exact) mass is 343 g/mol. The van der Waals surface area contributed by atoms with E-state index in [0.29, 0.717) is 13.0 Å². The fraction of sp³-hybridized carbons (Fsp3) is 0.389. The molecule has 1 aromatic carbocycles. The van der Waals surface area contributed by atoms with Gasteiger partial charge in [-0.3, -0.25) is 4.79 Å². The molecule has 5 nitrogen and oxygen atoms in total. The fourth-order valence-corrected chi connectivity index (χ4v) is 4.05. The van der Waals surface area contributed by atoms with Crippen LogP contribution < -0.4 is 0 Å².